The van der Waals surface area contributed by atoms with Crippen LogP contribution in [0.3, 0.4) is 0 Å². The Morgan fingerprint density at radius 2 is 2.00 bits per heavy atom. The van der Waals surface area contributed by atoms with Crippen LogP contribution in [-0.2, 0) is 6.42 Å². The highest BCUT2D eigenvalue weighted by Gasteiger charge is 2.12. The van der Waals surface area contributed by atoms with Crippen molar-refractivity contribution in [1.29, 1.82) is 0 Å². The van der Waals surface area contributed by atoms with Crippen molar-refractivity contribution in [1.82, 2.24) is 10.3 Å². The van der Waals surface area contributed by atoms with Gasteiger partial charge in [0, 0.05) is 17.9 Å². The van der Waals surface area contributed by atoms with Gasteiger partial charge in [-0.25, -0.2) is 0 Å². The van der Waals surface area contributed by atoms with E-state index < -0.39 is 0 Å². The van der Waals surface area contributed by atoms with Gasteiger partial charge in [-0.1, -0.05) is 35.9 Å². The lowest BCUT2D eigenvalue weighted by Gasteiger charge is -2.18. The van der Waals surface area contributed by atoms with Crippen LogP contribution in [0.25, 0.3) is 0 Å². The largest absolute Gasteiger partial charge is 0.313 e. The number of hydrogen-bond donors (Lipinski definition) is 1. The molecule has 1 heterocycles. The number of rotatable bonds is 4. The minimum absolute atomic E-state index is 0.320. The van der Waals surface area contributed by atoms with Crippen LogP contribution in [-0.4, -0.2) is 12.0 Å². The van der Waals surface area contributed by atoms with E-state index in [1.54, 1.807) is 0 Å². The van der Waals surface area contributed by atoms with Crippen molar-refractivity contribution in [2.24, 2.45) is 0 Å². The predicted octanol–water partition coefficient (Wildman–Crippen LogP) is 3.20. The van der Waals surface area contributed by atoms with Crippen molar-refractivity contribution in [3.05, 3.63) is 65.0 Å². The normalized spacial score (nSPS) is 12.4. The third-order valence-corrected chi connectivity index (χ3v) is 3.29. The van der Waals surface area contributed by atoms with Gasteiger partial charge >= 0.3 is 0 Å². The van der Waals surface area contributed by atoms with E-state index >= 15 is 0 Å². The van der Waals surface area contributed by atoms with E-state index in [-0.39, 0.29) is 0 Å². The molecule has 1 aromatic carbocycles. The first-order valence-corrected chi connectivity index (χ1v) is 6.35. The quantitative estimate of drug-likeness (QED) is 0.887. The van der Waals surface area contributed by atoms with E-state index in [9.17, 15) is 0 Å². The van der Waals surface area contributed by atoms with Gasteiger partial charge in [0.1, 0.15) is 0 Å². The Morgan fingerprint density at radius 3 is 2.67 bits per heavy atom. The molecule has 0 fully saturated rings. The molecule has 0 aliphatic carbocycles. The molecule has 0 bridgehead atoms. The van der Waals surface area contributed by atoms with Crippen LogP contribution in [0.2, 0.25) is 0 Å². The summed E-state index contributed by atoms with van der Waals surface area (Å²) in [5.41, 5.74) is 5.05. The molecule has 0 amide bonds. The maximum absolute atomic E-state index is 4.37. The molecule has 0 saturated carbocycles. The number of benzene rings is 1. The highest BCUT2D eigenvalue weighted by atomic mass is 14.9. The summed E-state index contributed by atoms with van der Waals surface area (Å²) in [4.78, 5) is 4.37. The van der Waals surface area contributed by atoms with Crippen molar-refractivity contribution >= 4 is 0 Å². The fraction of sp³-hybridized carbons (Fsp3) is 0.312. The fourth-order valence-corrected chi connectivity index (χ4v) is 2.31. The van der Waals surface area contributed by atoms with Crippen LogP contribution in [0.5, 0.6) is 0 Å². The summed E-state index contributed by atoms with van der Waals surface area (Å²) in [6.07, 6.45) is 2.84. The average Bonchev–Trinajstić information content (AvgIpc) is 2.37. The molecule has 1 unspecified atom stereocenters. The Bertz CT molecular complexity index is 520. The maximum atomic E-state index is 4.37. The minimum Gasteiger partial charge on any atom is -0.313 e. The third kappa shape index (κ3) is 2.96. The second kappa shape index (κ2) is 5.78. The van der Waals surface area contributed by atoms with E-state index in [0.29, 0.717) is 6.04 Å². The standard InChI is InChI=1S/C16H20N2/c1-12-6-4-7-14(10-12)11-16(17-3)15-8-5-9-18-13(15)2/h4-10,16-17H,11H2,1-3H3. The van der Waals surface area contributed by atoms with Crippen LogP contribution >= 0.6 is 0 Å². The Hall–Kier alpha value is -1.67. The molecule has 0 radical (unpaired) electrons. The van der Waals surface area contributed by atoms with Crippen molar-refractivity contribution in [2.45, 2.75) is 26.3 Å². The van der Waals surface area contributed by atoms with Crippen molar-refractivity contribution in [3.8, 4) is 0 Å². The average molecular weight is 240 g/mol. The molecule has 18 heavy (non-hydrogen) atoms. The van der Waals surface area contributed by atoms with E-state index in [4.69, 9.17) is 0 Å². The van der Waals surface area contributed by atoms with Crippen molar-refractivity contribution in [2.75, 3.05) is 7.05 Å². The first kappa shape index (κ1) is 12.8. The van der Waals surface area contributed by atoms with Crippen LogP contribution < -0.4 is 5.32 Å². The molecule has 2 heteroatoms. The van der Waals surface area contributed by atoms with Gasteiger partial charge < -0.3 is 5.32 Å². The zero-order valence-corrected chi connectivity index (χ0v) is 11.3. The van der Waals surface area contributed by atoms with Crippen LogP contribution in [0.1, 0.15) is 28.4 Å². The van der Waals surface area contributed by atoms with Gasteiger partial charge in [0.15, 0.2) is 0 Å². The lowest BCUT2D eigenvalue weighted by molar-refractivity contribution is 0.586. The summed E-state index contributed by atoms with van der Waals surface area (Å²) in [7, 11) is 2.01. The summed E-state index contributed by atoms with van der Waals surface area (Å²) in [5, 5.41) is 3.39. The number of nitrogens with zero attached hydrogens (tertiary/aromatic N) is 1. The molecule has 2 nitrogen and oxygen atoms in total. The Morgan fingerprint density at radius 1 is 1.17 bits per heavy atom. The fourth-order valence-electron chi connectivity index (χ4n) is 2.31. The zero-order valence-electron chi connectivity index (χ0n) is 11.3. The number of pyridine rings is 1. The molecule has 0 aliphatic heterocycles. The molecule has 1 N–H and O–H groups in total. The SMILES string of the molecule is CNC(Cc1cccc(C)c1)c1cccnc1C. The monoisotopic (exact) mass is 240 g/mol. The molecular weight excluding hydrogens is 220 g/mol. The molecule has 2 rings (SSSR count). The number of nitrogens with one attached hydrogen (secondary N) is 1. The molecule has 94 valence electrons. The third-order valence-electron chi connectivity index (χ3n) is 3.29. The predicted molar refractivity (Wildman–Crippen MR) is 75.7 cm³/mol. The molecule has 0 spiro atoms. The highest BCUT2D eigenvalue weighted by molar-refractivity contribution is 5.28. The first-order chi connectivity index (χ1) is 8.70. The molecule has 2 aromatic rings. The second-order valence-corrected chi connectivity index (χ2v) is 4.71. The van der Waals surface area contributed by atoms with Crippen LogP contribution in [0, 0.1) is 13.8 Å². The van der Waals surface area contributed by atoms with E-state index in [2.05, 4.69) is 54.5 Å². The van der Waals surface area contributed by atoms with Gasteiger partial charge in [-0.2, -0.15) is 0 Å². The van der Waals surface area contributed by atoms with Gasteiger partial charge in [-0.05, 0) is 44.5 Å². The molecule has 0 saturated heterocycles. The minimum atomic E-state index is 0.320. The van der Waals surface area contributed by atoms with Crippen molar-refractivity contribution in [3.63, 3.8) is 0 Å². The van der Waals surface area contributed by atoms with Crippen LogP contribution in [0.15, 0.2) is 42.6 Å². The number of aryl methyl sites for hydroxylation is 2. The summed E-state index contributed by atoms with van der Waals surface area (Å²) in [6.45, 7) is 4.20. The summed E-state index contributed by atoms with van der Waals surface area (Å²) >= 11 is 0. The number of likely N-dealkylation sites (N-methyl/N-ethyl adjacent to an activating group) is 1. The first-order valence-electron chi connectivity index (χ1n) is 6.35. The summed E-state index contributed by atoms with van der Waals surface area (Å²) < 4.78 is 0. The van der Waals surface area contributed by atoms with E-state index in [1.807, 2.05) is 19.3 Å². The van der Waals surface area contributed by atoms with E-state index in [0.717, 1.165) is 12.1 Å². The number of aromatic nitrogens is 1. The van der Waals surface area contributed by atoms with Crippen molar-refractivity contribution < 1.29 is 0 Å². The molecule has 0 aliphatic rings. The highest BCUT2D eigenvalue weighted by Crippen LogP contribution is 2.20. The zero-order chi connectivity index (χ0) is 13.0. The lowest BCUT2D eigenvalue weighted by Crippen LogP contribution is -2.20. The maximum Gasteiger partial charge on any atom is 0.0420 e. The van der Waals surface area contributed by atoms with Gasteiger partial charge in [0.05, 0.1) is 0 Å². The summed E-state index contributed by atoms with van der Waals surface area (Å²) in [6, 6.07) is 13.2. The molecular formula is C16H20N2. The second-order valence-electron chi connectivity index (χ2n) is 4.71. The summed E-state index contributed by atoms with van der Waals surface area (Å²) in [5.74, 6) is 0. The van der Waals surface area contributed by atoms with Gasteiger partial charge in [0.25, 0.3) is 0 Å². The van der Waals surface area contributed by atoms with Gasteiger partial charge in [0.2, 0.25) is 0 Å². The molecule has 1 atom stereocenters. The topological polar surface area (TPSA) is 24.9 Å². The Labute approximate surface area is 109 Å². The smallest absolute Gasteiger partial charge is 0.0420 e. The van der Waals surface area contributed by atoms with Gasteiger partial charge in [-0.3, -0.25) is 4.98 Å². The Kier molecular flexibility index (Phi) is 4.11. The molecule has 1 aromatic heterocycles. The Balaban J connectivity index is 2.23. The lowest BCUT2D eigenvalue weighted by atomic mass is 9.97. The number of hydrogen-bond acceptors (Lipinski definition) is 2. The van der Waals surface area contributed by atoms with Crippen LogP contribution in [0.4, 0.5) is 0 Å². The van der Waals surface area contributed by atoms with Gasteiger partial charge in [-0.15, -0.1) is 0 Å². The van der Waals surface area contributed by atoms with E-state index in [1.165, 1.54) is 16.7 Å².